The van der Waals surface area contributed by atoms with E-state index >= 15 is 0 Å². The molecule has 0 aliphatic rings. The molecule has 2 atom stereocenters. The van der Waals surface area contributed by atoms with Gasteiger partial charge in [0.1, 0.15) is 0 Å². The van der Waals surface area contributed by atoms with Crippen LogP contribution in [-0.4, -0.2) is 35.7 Å². The zero-order valence-corrected chi connectivity index (χ0v) is 9.67. The van der Waals surface area contributed by atoms with Gasteiger partial charge >= 0.3 is 5.97 Å². The van der Waals surface area contributed by atoms with E-state index in [0.29, 0.717) is 6.42 Å². The molecule has 0 aliphatic carbocycles. The molecule has 3 N–H and O–H groups in total. The van der Waals surface area contributed by atoms with Gasteiger partial charge in [-0.25, -0.2) is 0 Å². The smallest absolute Gasteiger partial charge is 0.304 e. The predicted octanol–water partition coefficient (Wildman–Crippen LogP) is 0.584. The van der Waals surface area contributed by atoms with Crippen molar-refractivity contribution in [2.24, 2.45) is 0 Å². The lowest BCUT2D eigenvalue weighted by molar-refractivity contribution is -0.139. The maximum absolute atomic E-state index is 10.7. The fraction of sp³-hybridized carbons (Fsp3) is 0.417. The van der Waals surface area contributed by atoms with Crippen LogP contribution in [0.15, 0.2) is 30.3 Å². The molecule has 0 heterocycles. The molecule has 1 aromatic rings. The summed E-state index contributed by atoms with van der Waals surface area (Å²) in [7, 11) is 1.35. The molecule has 0 amide bonds. The van der Waals surface area contributed by atoms with Gasteiger partial charge in [-0.3, -0.25) is 10.1 Å². The fourth-order valence-electron chi connectivity index (χ4n) is 1.57. The lowest BCUT2D eigenvalue weighted by atomic mass is 10.0. The van der Waals surface area contributed by atoms with Crippen molar-refractivity contribution in [3.8, 4) is 0 Å². The summed E-state index contributed by atoms with van der Waals surface area (Å²) in [5, 5.41) is 20.8. The Morgan fingerprint density at radius 3 is 2.59 bits per heavy atom. The van der Waals surface area contributed by atoms with Crippen LogP contribution >= 0.6 is 0 Å². The average molecular weight is 239 g/mol. The van der Waals surface area contributed by atoms with Gasteiger partial charge in [-0.1, -0.05) is 30.3 Å². The van der Waals surface area contributed by atoms with Crippen molar-refractivity contribution in [1.82, 2.24) is 5.32 Å². The molecule has 17 heavy (non-hydrogen) atoms. The Bertz CT molecular complexity index is 342. The summed E-state index contributed by atoms with van der Waals surface area (Å²) in [5.41, 5.74) is 1.01. The van der Waals surface area contributed by atoms with Crippen molar-refractivity contribution in [3.05, 3.63) is 35.9 Å². The summed E-state index contributed by atoms with van der Waals surface area (Å²) in [6.45, 7) is 0. The van der Waals surface area contributed by atoms with E-state index in [1.807, 2.05) is 30.3 Å². The highest BCUT2D eigenvalue weighted by Gasteiger charge is 2.16. The van der Waals surface area contributed by atoms with E-state index in [1.54, 1.807) is 0 Å². The van der Waals surface area contributed by atoms with Gasteiger partial charge in [0, 0.05) is 13.2 Å². The number of nitrogens with one attached hydrogen (secondary N) is 1. The number of aliphatic hydroxyl groups excluding tert-OH is 1. The van der Waals surface area contributed by atoms with Crippen molar-refractivity contribution in [3.63, 3.8) is 0 Å². The summed E-state index contributed by atoms with van der Waals surface area (Å²) in [6, 6.07) is 9.13. The number of aliphatic carboxylic acids is 1. The fourth-order valence-corrected chi connectivity index (χ4v) is 1.57. The molecule has 0 saturated heterocycles. The number of hydrogen-bond acceptors (Lipinski definition) is 4. The third kappa shape index (κ3) is 5.44. The Morgan fingerprint density at radius 1 is 1.41 bits per heavy atom. The van der Waals surface area contributed by atoms with Crippen molar-refractivity contribution >= 4 is 5.97 Å². The largest absolute Gasteiger partial charge is 0.481 e. The van der Waals surface area contributed by atoms with Crippen molar-refractivity contribution in [2.45, 2.75) is 25.3 Å². The number of carboxylic acid groups (broad SMARTS) is 1. The van der Waals surface area contributed by atoms with Gasteiger partial charge in [0.05, 0.1) is 6.42 Å². The lowest BCUT2D eigenvalue weighted by Crippen LogP contribution is -2.41. The number of rotatable bonds is 7. The number of aliphatic hydroxyl groups is 1. The number of carbonyl (C=O) groups is 1. The highest BCUT2D eigenvalue weighted by molar-refractivity contribution is 5.67. The zero-order chi connectivity index (χ0) is 12.7. The van der Waals surface area contributed by atoms with Crippen LogP contribution in [0.4, 0.5) is 0 Å². The molecule has 2 unspecified atom stereocenters. The van der Waals surface area contributed by atoms with E-state index in [1.165, 1.54) is 7.11 Å². The second kappa shape index (κ2) is 7.01. The molecule has 5 heteroatoms. The van der Waals surface area contributed by atoms with Gasteiger partial charge in [-0.05, 0) is 12.0 Å². The predicted molar refractivity (Wildman–Crippen MR) is 62.3 cm³/mol. The molecule has 1 aromatic carbocycles. The van der Waals surface area contributed by atoms with E-state index in [4.69, 9.17) is 5.11 Å². The molecule has 1 rings (SSSR count). The van der Waals surface area contributed by atoms with Crippen LogP contribution in [-0.2, 0) is 16.0 Å². The molecular formula is C12H17NO4. The van der Waals surface area contributed by atoms with Crippen molar-refractivity contribution in [2.75, 3.05) is 7.11 Å². The maximum Gasteiger partial charge on any atom is 0.304 e. The molecule has 0 bridgehead atoms. The van der Waals surface area contributed by atoms with E-state index in [2.05, 4.69) is 10.1 Å². The standard InChI is InChI=1S/C12H17NO4/c1-17-12(16)13-10(8-11(14)15)7-9-5-3-2-4-6-9/h2-6,10,12-13,16H,7-8H2,1H3,(H,14,15). The molecule has 0 aromatic heterocycles. The highest BCUT2D eigenvalue weighted by Crippen LogP contribution is 2.06. The van der Waals surface area contributed by atoms with Gasteiger partial charge in [-0.15, -0.1) is 0 Å². The third-order valence-corrected chi connectivity index (χ3v) is 2.35. The summed E-state index contributed by atoms with van der Waals surface area (Å²) in [5.74, 6) is -0.915. The second-order valence-electron chi connectivity index (χ2n) is 3.74. The first-order chi connectivity index (χ1) is 8.11. The van der Waals surface area contributed by atoms with E-state index < -0.39 is 12.4 Å². The minimum Gasteiger partial charge on any atom is -0.481 e. The molecule has 0 radical (unpaired) electrons. The topological polar surface area (TPSA) is 78.8 Å². The minimum atomic E-state index is -1.15. The molecule has 0 aliphatic heterocycles. The molecule has 0 saturated carbocycles. The number of carboxylic acids is 1. The molecule has 0 spiro atoms. The zero-order valence-electron chi connectivity index (χ0n) is 9.67. The quantitative estimate of drug-likeness (QED) is 0.607. The van der Waals surface area contributed by atoms with Crippen LogP contribution in [0.3, 0.4) is 0 Å². The van der Waals surface area contributed by atoms with E-state index in [9.17, 15) is 9.90 Å². The van der Waals surface area contributed by atoms with Crippen LogP contribution in [0.2, 0.25) is 0 Å². The van der Waals surface area contributed by atoms with Crippen LogP contribution in [0.1, 0.15) is 12.0 Å². The molecule has 5 nitrogen and oxygen atoms in total. The first-order valence-electron chi connectivity index (χ1n) is 5.34. The molecule has 0 fully saturated rings. The Balaban J connectivity index is 2.60. The van der Waals surface area contributed by atoms with Crippen molar-refractivity contribution in [1.29, 1.82) is 0 Å². The second-order valence-corrected chi connectivity index (χ2v) is 3.74. The Kier molecular flexibility index (Phi) is 5.62. The van der Waals surface area contributed by atoms with E-state index in [-0.39, 0.29) is 12.5 Å². The molecule has 94 valence electrons. The number of benzene rings is 1. The average Bonchev–Trinajstić information content (AvgIpc) is 2.29. The summed E-state index contributed by atoms with van der Waals surface area (Å²) in [6.07, 6.45) is -0.703. The summed E-state index contributed by atoms with van der Waals surface area (Å²) < 4.78 is 4.65. The van der Waals surface area contributed by atoms with Gasteiger partial charge in [0.2, 0.25) is 6.41 Å². The van der Waals surface area contributed by atoms with E-state index in [0.717, 1.165) is 5.56 Å². The number of methoxy groups -OCH3 is 1. The number of hydrogen-bond donors (Lipinski definition) is 3. The lowest BCUT2D eigenvalue weighted by Gasteiger charge is -2.20. The van der Waals surface area contributed by atoms with Crippen LogP contribution in [0.25, 0.3) is 0 Å². The first-order valence-corrected chi connectivity index (χ1v) is 5.34. The van der Waals surface area contributed by atoms with Gasteiger partial charge in [-0.2, -0.15) is 0 Å². The minimum absolute atomic E-state index is 0.0741. The Labute approximate surface area is 100 Å². The first kappa shape index (κ1) is 13.6. The Morgan fingerprint density at radius 2 is 2.06 bits per heavy atom. The Hall–Kier alpha value is -1.43. The van der Waals surface area contributed by atoms with Crippen LogP contribution in [0.5, 0.6) is 0 Å². The monoisotopic (exact) mass is 239 g/mol. The SMILES string of the molecule is COC(O)NC(CC(=O)O)Cc1ccccc1. The number of ether oxygens (including phenoxy) is 1. The summed E-state index contributed by atoms with van der Waals surface area (Å²) >= 11 is 0. The van der Waals surface area contributed by atoms with Crippen molar-refractivity contribution < 1.29 is 19.7 Å². The van der Waals surface area contributed by atoms with Gasteiger partial charge in [0.15, 0.2) is 0 Å². The molecular weight excluding hydrogens is 222 g/mol. The van der Waals surface area contributed by atoms with Crippen LogP contribution in [0, 0.1) is 0 Å². The maximum atomic E-state index is 10.7. The van der Waals surface area contributed by atoms with Gasteiger partial charge in [0.25, 0.3) is 0 Å². The van der Waals surface area contributed by atoms with Crippen LogP contribution < -0.4 is 5.32 Å². The summed E-state index contributed by atoms with van der Waals surface area (Å²) in [4.78, 5) is 10.7. The normalized spacial score (nSPS) is 14.2. The van der Waals surface area contributed by atoms with Gasteiger partial charge < -0.3 is 14.9 Å². The third-order valence-electron chi connectivity index (χ3n) is 2.35. The highest BCUT2D eigenvalue weighted by atomic mass is 16.6.